The maximum Gasteiger partial charge on any atom is 0.321 e. The minimum atomic E-state index is -0.499. The highest BCUT2D eigenvalue weighted by Crippen LogP contribution is 2.14. The summed E-state index contributed by atoms with van der Waals surface area (Å²) in [6.45, 7) is 3.73. The van der Waals surface area contributed by atoms with E-state index in [2.05, 4.69) is 10.6 Å². The highest BCUT2D eigenvalue weighted by Gasteiger charge is 2.21. The van der Waals surface area contributed by atoms with Crippen LogP contribution in [-0.4, -0.2) is 25.0 Å². The van der Waals surface area contributed by atoms with Crippen LogP contribution in [0.1, 0.15) is 25.5 Å². The van der Waals surface area contributed by atoms with Gasteiger partial charge in [-0.2, -0.15) is 0 Å². The molecule has 1 rings (SSSR count). The number of hydrogen-bond acceptors (Lipinski definition) is 2. The van der Waals surface area contributed by atoms with Crippen molar-refractivity contribution in [1.82, 2.24) is 10.6 Å². The van der Waals surface area contributed by atoms with Gasteiger partial charge in [-0.05, 0) is 26.0 Å². The zero-order chi connectivity index (χ0) is 14.4. The maximum atomic E-state index is 11.7. The molecule has 5 nitrogen and oxygen atoms in total. The lowest BCUT2D eigenvalue weighted by atomic mass is 10.1. The number of rotatable bonds is 4. The Bertz CT molecular complexity index is 465. The quantitative estimate of drug-likeness (QED) is 0.765. The Hall–Kier alpha value is -1.59. The van der Waals surface area contributed by atoms with Crippen LogP contribution in [-0.2, 0) is 4.79 Å². The van der Waals surface area contributed by atoms with Crippen molar-refractivity contribution in [3.8, 4) is 0 Å². The summed E-state index contributed by atoms with van der Waals surface area (Å²) in [5.41, 5.74) is 1.03. The number of urea groups is 1. The second-order valence-electron chi connectivity index (χ2n) is 4.39. The Morgan fingerprint density at radius 1 is 1.32 bits per heavy atom. The van der Waals surface area contributed by atoms with E-state index in [0.717, 1.165) is 5.56 Å². The molecule has 6 heteroatoms. The first-order valence-corrected chi connectivity index (χ1v) is 6.45. The van der Waals surface area contributed by atoms with Crippen molar-refractivity contribution in [1.29, 1.82) is 0 Å². The highest BCUT2D eigenvalue weighted by molar-refractivity contribution is 6.30. The number of quaternary nitrogens is 1. The van der Waals surface area contributed by atoms with E-state index in [4.69, 9.17) is 11.6 Å². The van der Waals surface area contributed by atoms with Crippen molar-refractivity contribution in [2.45, 2.75) is 25.9 Å². The Labute approximate surface area is 117 Å². The van der Waals surface area contributed by atoms with Crippen LogP contribution in [0.25, 0.3) is 0 Å². The van der Waals surface area contributed by atoms with Gasteiger partial charge in [0.1, 0.15) is 6.04 Å². The summed E-state index contributed by atoms with van der Waals surface area (Å²) in [5, 5.41) is 7.14. The number of hydrogen-bond donors (Lipinski definition) is 3. The van der Waals surface area contributed by atoms with Crippen LogP contribution in [0.5, 0.6) is 0 Å². The lowest BCUT2D eigenvalue weighted by molar-refractivity contribution is -0.710. The van der Waals surface area contributed by atoms with E-state index < -0.39 is 6.03 Å². The second kappa shape index (κ2) is 7.11. The minimum Gasteiger partial charge on any atom is -0.341 e. The van der Waals surface area contributed by atoms with E-state index in [1.54, 1.807) is 13.0 Å². The van der Waals surface area contributed by atoms with E-state index >= 15 is 0 Å². The monoisotopic (exact) mass is 284 g/mol. The molecule has 0 radical (unpaired) electrons. The predicted molar refractivity (Wildman–Crippen MR) is 73.9 cm³/mol. The molecule has 0 aliphatic rings. The minimum absolute atomic E-state index is 0.0733. The predicted octanol–water partition coefficient (Wildman–Crippen LogP) is 0.808. The summed E-state index contributed by atoms with van der Waals surface area (Å²) in [7, 11) is 1.46. The normalized spacial score (nSPS) is 13.5. The van der Waals surface area contributed by atoms with Gasteiger partial charge in [-0.25, -0.2) is 4.79 Å². The molecule has 104 valence electrons. The van der Waals surface area contributed by atoms with Crippen molar-refractivity contribution in [3.05, 3.63) is 34.9 Å². The zero-order valence-corrected chi connectivity index (χ0v) is 12.0. The summed E-state index contributed by atoms with van der Waals surface area (Å²) in [5.74, 6) is -0.326. The standard InChI is InChI=1S/C13H18ClN3O2/c1-8(10-5-4-6-11(14)7-10)16-9(2)12(18)17-13(19)15-3/h4-9,16H,1-3H3,(H2,15,17,18,19)/p+1/t8-,9+/m0/s1. The first-order chi connectivity index (χ1) is 8.93. The molecule has 0 aliphatic heterocycles. The molecule has 1 aromatic carbocycles. The van der Waals surface area contributed by atoms with Gasteiger partial charge < -0.3 is 10.6 Å². The van der Waals surface area contributed by atoms with Crippen molar-refractivity contribution in [3.63, 3.8) is 0 Å². The number of benzene rings is 1. The zero-order valence-electron chi connectivity index (χ0n) is 11.2. The number of halogens is 1. The molecule has 0 bridgehead atoms. The molecule has 0 spiro atoms. The molecule has 0 saturated carbocycles. The molecule has 2 atom stereocenters. The van der Waals surface area contributed by atoms with E-state index in [0.29, 0.717) is 5.02 Å². The molecule has 3 amide bonds. The summed E-state index contributed by atoms with van der Waals surface area (Å²) >= 11 is 5.93. The van der Waals surface area contributed by atoms with E-state index in [1.807, 2.05) is 30.4 Å². The van der Waals surface area contributed by atoms with Gasteiger partial charge in [0.2, 0.25) is 0 Å². The smallest absolute Gasteiger partial charge is 0.321 e. The Kier molecular flexibility index (Phi) is 5.79. The Morgan fingerprint density at radius 3 is 2.58 bits per heavy atom. The molecule has 0 aromatic heterocycles. The van der Waals surface area contributed by atoms with Gasteiger partial charge in [0.05, 0.1) is 0 Å². The highest BCUT2D eigenvalue weighted by atomic mass is 35.5. The van der Waals surface area contributed by atoms with E-state index in [-0.39, 0.29) is 18.0 Å². The number of nitrogens with one attached hydrogen (secondary N) is 2. The molecule has 0 unspecified atom stereocenters. The fourth-order valence-electron chi connectivity index (χ4n) is 1.71. The van der Waals surface area contributed by atoms with E-state index in [1.165, 1.54) is 7.05 Å². The first-order valence-electron chi connectivity index (χ1n) is 6.07. The van der Waals surface area contributed by atoms with Gasteiger partial charge in [-0.15, -0.1) is 0 Å². The first kappa shape index (κ1) is 15.5. The summed E-state index contributed by atoms with van der Waals surface area (Å²) < 4.78 is 0. The van der Waals surface area contributed by atoms with Crippen LogP contribution < -0.4 is 16.0 Å². The third-order valence-electron chi connectivity index (χ3n) is 2.83. The molecule has 4 N–H and O–H groups in total. The van der Waals surface area contributed by atoms with Crippen LogP contribution in [0.4, 0.5) is 4.79 Å². The molecule has 0 aliphatic carbocycles. The largest absolute Gasteiger partial charge is 0.341 e. The van der Waals surface area contributed by atoms with Crippen LogP contribution in [0, 0.1) is 0 Å². The molecular weight excluding hydrogens is 266 g/mol. The van der Waals surface area contributed by atoms with Crippen molar-refractivity contribution in [2.75, 3.05) is 7.05 Å². The number of carbonyl (C=O) groups is 2. The number of imide groups is 1. The fraction of sp³-hybridized carbons (Fsp3) is 0.385. The molecule has 0 heterocycles. The Balaban J connectivity index is 2.58. The van der Waals surface area contributed by atoms with Crippen LogP contribution >= 0.6 is 11.6 Å². The second-order valence-corrected chi connectivity index (χ2v) is 4.83. The molecule has 1 aromatic rings. The summed E-state index contributed by atoms with van der Waals surface area (Å²) in [4.78, 5) is 22.8. The van der Waals surface area contributed by atoms with Gasteiger partial charge in [-0.3, -0.25) is 10.1 Å². The number of carbonyl (C=O) groups excluding carboxylic acids is 2. The lowest BCUT2D eigenvalue weighted by Crippen LogP contribution is -2.92. The average molecular weight is 285 g/mol. The Morgan fingerprint density at radius 2 is 2.00 bits per heavy atom. The van der Waals surface area contributed by atoms with Crippen molar-refractivity contribution < 1.29 is 14.9 Å². The number of nitrogens with two attached hydrogens (primary N) is 1. The van der Waals surface area contributed by atoms with Crippen LogP contribution in [0.15, 0.2) is 24.3 Å². The van der Waals surface area contributed by atoms with Crippen LogP contribution in [0.2, 0.25) is 5.02 Å². The van der Waals surface area contributed by atoms with Gasteiger partial charge >= 0.3 is 6.03 Å². The maximum absolute atomic E-state index is 11.7. The van der Waals surface area contributed by atoms with Gasteiger partial charge in [-0.1, -0.05) is 23.7 Å². The third kappa shape index (κ3) is 4.89. The van der Waals surface area contributed by atoms with Gasteiger partial charge in [0, 0.05) is 17.6 Å². The SMILES string of the molecule is CNC(=O)NC(=O)[C@@H](C)[NH2+][C@@H](C)c1cccc(Cl)c1. The number of amides is 3. The van der Waals surface area contributed by atoms with Crippen molar-refractivity contribution >= 4 is 23.5 Å². The summed E-state index contributed by atoms with van der Waals surface area (Å²) in [6, 6.07) is 6.70. The van der Waals surface area contributed by atoms with Gasteiger partial charge in [0.25, 0.3) is 5.91 Å². The molecular formula is C13H19ClN3O2+. The lowest BCUT2D eigenvalue weighted by Gasteiger charge is -2.16. The van der Waals surface area contributed by atoms with E-state index in [9.17, 15) is 9.59 Å². The van der Waals surface area contributed by atoms with Crippen LogP contribution in [0.3, 0.4) is 0 Å². The topological polar surface area (TPSA) is 74.8 Å². The fourth-order valence-corrected chi connectivity index (χ4v) is 1.91. The van der Waals surface area contributed by atoms with Gasteiger partial charge in [0.15, 0.2) is 6.04 Å². The summed E-state index contributed by atoms with van der Waals surface area (Å²) in [6.07, 6.45) is 0. The molecule has 0 fully saturated rings. The third-order valence-corrected chi connectivity index (χ3v) is 3.06. The average Bonchev–Trinajstić information content (AvgIpc) is 2.38. The molecule has 0 saturated heterocycles. The molecule has 19 heavy (non-hydrogen) atoms. The van der Waals surface area contributed by atoms with Crippen molar-refractivity contribution in [2.24, 2.45) is 0 Å².